The third-order valence-electron chi connectivity index (χ3n) is 27.3. The predicted molar refractivity (Wildman–Crippen MR) is 579 cm³/mol. The summed E-state index contributed by atoms with van der Waals surface area (Å²) in [5, 5.41) is 7.17. The van der Waals surface area contributed by atoms with Crippen molar-refractivity contribution in [1.82, 2.24) is 0 Å². The van der Waals surface area contributed by atoms with E-state index in [0.29, 0.717) is 117 Å². The molecule has 22 aromatic rings. The van der Waals surface area contributed by atoms with Gasteiger partial charge in [-0.25, -0.2) is 44.8 Å². The van der Waals surface area contributed by atoms with Crippen molar-refractivity contribution in [1.29, 1.82) is 0 Å². The SMILES string of the molecule is Cc1ccc2c(oc3c(-c4ccc(C(C)C)cc4)c(F)ccc32)c1-c1cccc[n+]1C.[2H]C([2H])([2H])C(C)c1c(F)ccc2c1oc1c(-c3cccc[n+]3C)c(C)ccc12.[2H]C([2H])([2H])C(C)c1cc[n+](C)c(-c2c(C)ccc3c2oc2c(-c4ccc(C([2H])(C)C([2H])([2H])[2H])cc4)c(F)ccc23)c1.[2H]C([2H])([2H])C([2H])(C)c1cc[n+](C)c(-c2c(C)ccc3c2oc2c(C([2H])(C)C([2H])([2H])[2H])c(F)ccc23)c1.[2H]C([2H])([2H])c1cc[n+](C)c(-c2c(C)ccc3c2oc2c(C([2H])(C)C([2H])([2H])[2H])c(F)ccc23)c1. The lowest BCUT2D eigenvalue weighted by Gasteiger charge is -2.09. The van der Waals surface area contributed by atoms with Crippen LogP contribution in [0, 0.1) is 70.6 Å². The van der Waals surface area contributed by atoms with E-state index in [4.69, 9.17) is 56.4 Å². The van der Waals surface area contributed by atoms with Crippen LogP contribution in [0.5, 0.6) is 0 Å². The first-order valence-electron chi connectivity index (χ1n) is 60.1. The van der Waals surface area contributed by atoms with Gasteiger partial charge in [0.1, 0.15) is 120 Å². The van der Waals surface area contributed by atoms with Crippen LogP contribution in [0.1, 0.15) is 244 Å². The summed E-state index contributed by atoms with van der Waals surface area (Å²) >= 11 is 0. The smallest absolute Gasteiger partial charge is 0.216 e. The molecule has 6 unspecified atom stereocenters. The zero-order valence-corrected chi connectivity index (χ0v) is 83.4. The average molecular weight is 1950 g/mol. The number of hydrogen-bond donors (Lipinski definition) is 0. The van der Waals surface area contributed by atoms with Crippen molar-refractivity contribution in [3.8, 4) is 78.5 Å². The van der Waals surface area contributed by atoms with Crippen molar-refractivity contribution in [2.75, 3.05) is 0 Å². The maximum atomic E-state index is 15.4. The fourth-order valence-corrected chi connectivity index (χ4v) is 19.6. The molecule has 6 atom stereocenters. The fourth-order valence-electron chi connectivity index (χ4n) is 19.6. The molecule has 12 aromatic carbocycles. The zero-order valence-electron chi connectivity index (χ0n) is 108. The van der Waals surface area contributed by atoms with Crippen molar-refractivity contribution in [3.05, 3.63) is 375 Å². The summed E-state index contributed by atoms with van der Waals surface area (Å²) in [6, 6.07) is 70.5. The van der Waals surface area contributed by atoms with Crippen LogP contribution in [0.2, 0.25) is 0 Å². The number of pyridine rings is 5. The molecule has 0 aliphatic carbocycles. The van der Waals surface area contributed by atoms with Crippen molar-refractivity contribution in [3.63, 3.8) is 0 Å². The first kappa shape index (κ1) is 72.3. The van der Waals surface area contributed by atoms with E-state index in [1.54, 1.807) is 121 Å². The Labute approximate surface area is 875 Å². The molecule has 144 heavy (non-hydrogen) atoms. The molecular formula is C129H127F5N5O5+5. The van der Waals surface area contributed by atoms with Crippen LogP contribution in [-0.4, -0.2) is 0 Å². The summed E-state index contributed by atoms with van der Waals surface area (Å²) in [5.41, 5.74) is 20.7. The number of furan rings is 5. The first-order chi connectivity index (χ1) is 78.7. The van der Waals surface area contributed by atoms with Crippen molar-refractivity contribution in [2.24, 2.45) is 35.2 Å². The normalized spacial score (nSPS) is 17.0. The molecule has 0 radical (unpaired) electrons. The van der Waals surface area contributed by atoms with E-state index in [1.165, 1.54) is 56.7 Å². The molecule has 15 heteroatoms. The third-order valence-corrected chi connectivity index (χ3v) is 27.3. The lowest BCUT2D eigenvalue weighted by atomic mass is 9.96. The Hall–Kier alpha value is -15.0. The van der Waals surface area contributed by atoms with Gasteiger partial charge in [-0.15, -0.1) is 0 Å². The molecule has 0 amide bonds. The fraction of sp³-hybridized carbons (Fsp3) is 0.248. The topological polar surface area (TPSA) is 85.1 Å². The first-order valence-corrected chi connectivity index (χ1v) is 47.6. The molecule has 0 aliphatic heterocycles. The molecule has 728 valence electrons. The van der Waals surface area contributed by atoms with Crippen LogP contribution in [0.15, 0.2) is 296 Å². The standard InChI is InChI=1S/C31H31FNO.C28H25FNO.C25H27FNO.C23H23FNO.C22H21FNO/c1-18(2)21-8-10-22(11-9-21)29-26(32)14-13-25-24-12-7-20(5)28(30(24)34-31(25)29)27-17-23(19(3)4)15-16-33(27)6;1-17(2)19-9-11-20(12-10-19)26-23(29)15-14-22-21-13-8-18(3)25(27(21)31-28(22)26)24-7-5-6-16-30(24)4;1-14(2)17-11-12-27(6)21(13-17)23-16(5)7-8-18-19-9-10-20(26)22(15(3)4)24(19)28-25(18)23;1-13(2)20-18(24)9-8-17-16-7-6-15(4)21(23(16)26-22(17)20)19-12-14(3)10-11-25(19)5;1-13(2)19-17(23)11-10-16-15-9-8-14(3)20(22(15)25-21(16)19)18-7-5-6-12-24(18)4/h7-19H,1-6H3;5-17H,1-4H3;7-15H,1-6H3;6-13H,1-5H3;5-13H,1-4H3/q5*+1/i1D3,3D3,18D;;1D3,3D3,14D,15D;1D3,3D3,13D;1D3. The van der Waals surface area contributed by atoms with Crippen LogP contribution in [-0.2, 0) is 35.2 Å². The van der Waals surface area contributed by atoms with E-state index in [2.05, 4.69) is 55.7 Å². The third kappa shape index (κ3) is 18.3. The number of aryl methyl sites for hydroxylation is 11. The number of halogens is 5. The summed E-state index contributed by atoms with van der Waals surface area (Å²) in [6.45, 7) is 4.74. The molecule has 22 rings (SSSR count). The summed E-state index contributed by atoms with van der Waals surface area (Å²) < 4.78 is 314. The van der Waals surface area contributed by atoms with Crippen LogP contribution in [0.4, 0.5) is 22.0 Å². The number of nitrogens with zero attached hydrogens (tertiary/aromatic N) is 5. The van der Waals surface area contributed by atoms with Crippen LogP contribution in [0.3, 0.4) is 0 Å². The zero-order chi connectivity index (χ0) is 123. The maximum Gasteiger partial charge on any atom is 0.216 e. The molecule has 0 N–H and O–H groups in total. The van der Waals surface area contributed by atoms with E-state index in [-0.39, 0.29) is 50.4 Å². The van der Waals surface area contributed by atoms with Gasteiger partial charge in [0.25, 0.3) is 0 Å². The number of aromatic nitrogens is 5. The van der Waals surface area contributed by atoms with Gasteiger partial charge in [0.05, 0.1) is 38.9 Å². The number of fused-ring (bicyclic) bond motifs is 15. The highest BCUT2D eigenvalue weighted by atomic mass is 19.1. The van der Waals surface area contributed by atoms with Crippen molar-refractivity contribution >= 4 is 110 Å². The van der Waals surface area contributed by atoms with Gasteiger partial charge in [0.15, 0.2) is 31.0 Å². The van der Waals surface area contributed by atoms with Gasteiger partial charge in [-0.3, -0.25) is 0 Å². The number of rotatable bonds is 14. The van der Waals surface area contributed by atoms with Gasteiger partial charge in [-0.2, -0.15) is 0 Å². The number of benzene rings is 12. The molecule has 0 aliphatic rings. The molecular weight excluding hydrogens is 1790 g/mol. The van der Waals surface area contributed by atoms with E-state index in [1.807, 2.05) is 168 Å². The van der Waals surface area contributed by atoms with E-state index >= 15 is 13.2 Å². The highest BCUT2D eigenvalue weighted by molar-refractivity contribution is 6.17. The second-order valence-electron chi connectivity index (χ2n) is 37.7. The second kappa shape index (κ2) is 40.1. The van der Waals surface area contributed by atoms with Gasteiger partial charge in [-0.05, 0) is 222 Å². The minimum absolute atomic E-state index is 0.0000963. The minimum atomic E-state index is -2.81. The van der Waals surface area contributed by atoms with Crippen molar-refractivity contribution in [2.45, 2.75) is 179 Å². The Morgan fingerprint density at radius 3 is 0.889 bits per heavy atom. The Morgan fingerprint density at radius 1 is 0.236 bits per heavy atom. The Bertz CT molecular complexity index is 9920. The minimum Gasteiger partial charge on any atom is -0.455 e. The van der Waals surface area contributed by atoms with Gasteiger partial charge in [0, 0.05) is 165 Å². The van der Waals surface area contributed by atoms with Gasteiger partial charge >= 0.3 is 0 Å². The molecule has 0 spiro atoms. The molecule has 10 heterocycles. The predicted octanol–water partition coefficient (Wildman–Crippen LogP) is 34.1. The number of hydrogen-bond acceptors (Lipinski definition) is 5. The maximum absolute atomic E-state index is 15.4. The van der Waals surface area contributed by atoms with Crippen molar-refractivity contribution < 1.29 is 101 Å². The highest BCUT2D eigenvalue weighted by Crippen LogP contribution is 2.49. The Morgan fingerprint density at radius 2 is 0.528 bits per heavy atom. The van der Waals surface area contributed by atoms with E-state index in [9.17, 15) is 8.78 Å². The Balaban J connectivity index is 0.000000135. The Kier molecular flexibility index (Phi) is 20.1. The summed E-state index contributed by atoms with van der Waals surface area (Å²) in [5.74, 6) is -12.4. The quantitative estimate of drug-likeness (QED) is 0.0800. The molecule has 0 saturated carbocycles. The van der Waals surface area contributed by atoms with Gasteiger partial charge in [0.2, 0.25) is 28.5 Å². The lowest BCUT2D eigenvalue weighted by molar-refractivity contribution is -0.660. The van der Waals surface area contributed by atoms with Gasteiger partial charge < -0.3 is 22.1 Å². The summed E-state index contributed by atoms with van der Waals surface area (Å²) in [7, 11) is 9.42. The summed E-state index contributed by atoms with van der Waals surface area (Å²) in [6.07, 6.45) is 9.14. The molecule has 0 saturated heterocycles. The second-order valence-corrected chi connectivity index (χ2v) is 37.7. The van der Waals surface area contributed by atoms with Crippen LogP contribution < -0.4 is 22.8 Å². The molecule has 0 fully saturated rings. The average Bonchev–Trinajstić information content (AvgIpc) is 1.58. The summed E-state index contributed by atoms with van der Waals surface area (Å²) in [4.78, 5) is 0. The lowest BCUT2D eigenvalue weighted by Crippen LogP contribution is -2.31. The largest absolute Gasteiger partial charge is 0.455 e. The molecule has 10 nitrogen and oxygen atoms in total. The van der Waals surface area contributed by atoms with Crippen LogP contribution >= 0.6 is 0 Å². The molecule has 10 aromatic heterocycles. The highest BCUT2D eigenvalue weighted by Gasteiger charge is 2.32. The molecule has 0 bridgehead atoms. The van der Waals surface area contributed by atoms with E-state index in [0.717, 1.165) is 126 Å². The monoisotopic (exact) mass is 1950 g/mol. The van der Waals surface area contributed by atoms with Crippen LogP contribution in [0.25, 0.3) is 188 Å². The van der Waals surface area contributed by atoms with Gasteiger partial charge in [-0.1, -0.05) is 206 Å². The van der Waals surface area contributed by atoms with E-state index < -0.39 is 107 Å².